The quantitative estimate of drug-likeness (QED) is 0.868. The van der Waals surface area contributed by atoms with Gasteiger partial charge in [0.15, 0.2) is 0 Å². The van der Waals surface area contributed by atoms with Crippen molar-refractivity contribution in [2.24, 2.45) is 11.7 Å². The molecule has 21 heavy (non-hydrogen) atoms. The second kappa shape index (κ2) is 6.72. The maximum absolute atomic E-state index is 12.7. The van der Waals surface area contributed by atoms with Crippen molar-refractivity contribution in [1.82, 2.24) is 0 Å². The number of amides is 1. The molecule has 0 saturated heterocycles. The molecule has 5 heteroatoms. The molecule has 1 aromatic rings. The first kappa shape index (κ1) is 15.5. The summed E-state index contributed by atoms with van der Waals surface area (Å²) in [6.45, 7) is 2.79. The van der Waals surface area contributed by atoms with E-state index >= 15 is 0 Å². The minimum atomic E-state index is -0.835. The van der Waals surface area contributed by atoms with E-state index in [0.717, 1.165) is 24.1 Å². The van der Waals surface area contributed by atoms with Gasteiger partial charge in [-0.3, -0.25) is 9.59 Å². The van der Waals surface area contributed by atoms with E-state index in [0.29, 0.717) is 19.5 Å². The highest BCUT2D eigenvalue weighted by Gasteiger charge is 2.34. The molecule has 2 atom stereocenters. The van der Waals surface area contributed by atoms with E-state index in [2.05, 4.69) is 0 Å². The first-order valence-corrected chi connectivity index (χ1v) is 7.43. The van der Waals surface area contributed by atoms with E-state index in [1.165, 1.54) is 0 Å². The second-order valence-electron chi connectivity index (χ2n) is 5.45. The number of carbonyl (C=O) groups excluding carboxylic acids is 1. The van der Waals surface area contributed by atoms with Crippen LogP contribution in [0.3, 0.4) is 0 Å². The fraction of sp³-hybridized carbons (Fsp3) is 0.500. The highest BCUT2D eigenvalue weighted by atomic mass is 16.4. The Labute approximate surface area is 124 Å². The van der Waals surface area contributed by atoms with Gasteiger partial charge < -0.3 is 15.7 Å². The van der Waals surface area contributed by atoms with Gasteiger partial charge in [0.2, 0.25) is 5.91 Å². The molecule has 0 bridgehead atoms. The van der Waals surface area contributed by atoms with Crippen molar-refractivity contribution >= 4 is 17.6 Å². The normalized spacial score (nSPS) is 19.0. The third kappa shape index (κ3) is 3.08. The molecule has 2 unspecified atom stereocenters. The van der Waals surface area contributed by atoms with E-state index in [9.17, 15) is 14.7 Å². The van der Waals surface area contributed by atoms with Gasteiger partial charge in [-0.15, -0.1) is 0 Å². The van der Waals surface area contributed by atoms with Crippen molar-refractivity contribution in [1.29, 1.82) is 0 Å². The van der Waals surface area contributed by atoms with Crippen LogP contribution in [0.1, 0.15) is 37.7 Å². The molecule has 2 rings (SSSR count). The smallest absolute Gasteiger partial charge is 0.311 e. The van der Waals surface area contributed by atoms with Gasteiger partial charge in [0, 0.05) is 18.8 Å². The average Bonchev–Trinajstić information content (AvgIpc) is 2.50. The molecule has 5 nitrogen and oxygen atoms in total. The van der Waals surface area contributed by atoms with Crippen LogP contribution < -0.4 is 10.6 Å². The number of aliphatic carboxylic acids is 1. The van der Waals surface area contributed by atoms with Gasteiger partial charge in [-0.1, -0.05) is 31.5 Å². The summed E-state index contributed by atoms with van der Waals surface area (Å²) in [6, 6.07) is 7.27. The molecule has 0 aromatic heterocycles. The van der Waals surface area contributed by atoms with E-state index in [-0.39, 0.29) is 11.8 Å². The maximum Gasteiger partial charge on any atom is 0.311 e. The first-order chi connectivity index (χ1) is 10.1. The Bertz CT molecular complexity index is 530. The number of carboxylic acids is 1. The Hall–Kier alpha value is -1.88. The van der Waals surface area contributed by atoms with Crippen molar-refractivity contribution < 1.29 is 14.7 Å². The minimum Gasteiger partial charge on any atom is -0.481 e. The van der Waals surface area contributed by atoms with Gasteiger partial charge in [0.1, 0.15) is 0 Å². The number of nitrogens with zero attached hydrogens (tertiary/aromatic N) is 1. The fourth-order valence-corrected chi connectivity index (χ4v) is 2.96. The lowest BCUT2D eigenvalue weighted by Crippen LogP contribution is -2.43. The zero-order valence-corrected chi connectivity index (χ0v) is 12.3. The van der Waals surface area contributed by atoms with Gasteiger partial charge in [-0.2, -0.15) is 0 Å². The van der Waals surface area contributed by atoms with Crippen molar-refractivity contribution in [3.63, 3.8) is 0 Å². The van der Waals surface area contributed by atoms with Crippen LogP contribution in [-0.2, 0) is 9.59 Å². The number of anilines is 1. The number of rotatable bonds is 5. The largest absolute Gasteiger partial charge is 0.481 e. The molecule has 1 amide bonds. The minimum absolute atomic E-state index is 0.00985. The van der Waals surface area contributed by atoms with Crippen LogP contribution in [0.2, 0.25) is 0 Å². The van der Waals surface area contributed by atoms with Gasteiger partial charge >= 0.3 is 5.97 Å². The number of hydrogen-bond acceptors (Lipinski definition) is 3. The number of carbonyl (C=O) groups is 2. The zero-order valence-electron chi connectivity index (χ0n) is 12.3. The van der Waals surface area contributed by atoms with Crippen LogP contribution in [0.4, 0.5) is 5.69 Å². The zero-order chi connectivity index (χ0) is 15.4. The van der Waals surface area contributed by atoms with Crippen molar-refractivity contribution in [3.05, 3.63) is 29.8 Å². The van der Waals surface area contributed by atoms with Gasteiger partial charge in [-0.25, -0.2) is 0 Å². The molecule has 3 N–H and O–H groups in total. The second-order valence-corrected chi connectivity index (χ2v) is 5.45. The number of nitrogens with two attached hydrogens (primary N) is 1. The third-order valence-corrected chi connectivity index (χ3v) is 4.08. The molecule has 1 aliphatic heterocycles. The first-order valence-electron chi connectivity index (χ1n) is 7.43. The van der Waals surface area contributed by atoms with Crippen LogP contribution in [0.25, 0.3) is 0 Å². The fourth-order valence-electron chi connectivity index (χ4n) is 2.96. The summed E-state index contributed by atoms with van der Waals surface area (Å²) in [5.41, 5.74) is 7.16. The summed E-state index contributed by atoms with van der Waals surface area (Å²) in [7, 11) is 0. The standard InChI is InChI=1S/C16H22N2O3/c1-2-5-11(10-17)15(19)18-9-8-13(16(20)21)12-6-3-4-7-14(12)18/h3-4,6-7,11,13H,2,5,8-10,17H2,1H3,(H,20,21). The summed E-state index contributed by atoms with van der Waals surface area (Å²) in [5, 5.41) is 9.33. The Morgan fingerprint density at radius 3 is 2.76 bits per heavy atom. The number of fused-ring (bicyclic) bond motifs is 1. The lowest BCUT2D eigenvalue weighted by molar-refractivity contribution is -0.139. The molecular weight excluding hydrogens is 268 g/mol. The Morgan fingerprint density at radius 2 is 2.14 bits per heavy atom. The van der Waals surface area contributed by atoms with Crippen LogP contribution in [-0.4, -0.2) is 30.1 Å². The van der Waals surface area contributed by atoms with Gasteiger partial charge in [0.25, 0.3) is 0 Å². The molecule has 0 saturated carbocycles. The predicted octanol–water partition coefficient (Wildman–Crippen LogP) is 1.97. The van der Waals surface area contributed by atoms with E-state index in [4.69, 9.17) is 5.73 Å². The lowest BCUT2D eigenvalue weighted by atomic mass is 9.89. The molecule has 0 spiro atoms. The molecule has 0 aliphatic carbocycles. The van der Waals surface area contributed by atoms with Gasteiger partial charge in [-0.05, 0) is 24.5 Å². The molecule has 1 aliphatic rings. The number of carboxylic acid groups (broad SMARTS) is 1. The Morgan fingerprint density at radius 1 is 1.43 bits per heavy atom. The molecule has 1 aromatic carbocycles. The SMILES string of the molecule is CCCC(CN)C(=O)N1CCC(C(=O)O)c2ccccc21. The summed E-state index contributed by atoms with van der Waals surface area (Å²) >= 11 is 0. The molecule has 1 heterocycles. The molecule has 0 fully saturated rings. The van der Waals surface area contributed by atoms with Crippen molar-refractivity contribution in [3.8, 4) is 0 Å². The monoisotopic (exact) mass is 290 g/mol. The molecule has 0 radical (unpaired) electrons. The summed E-state index contributed by atoms with van der Waals surface area (Å²) in [4.78, 5) is 25.7. The molecular formula is C16H22N2O3. The summed E-state index contributed by atoms with van der Waals surface area (Å²) < 4.78 is 0. The maximum atomic E-state index is 12.7. The highest BCUT2D eigenvalue weighted by molar-refractivity contribution is 5.97. The molecule has 114 valence electrons. The van der Waals surface area contributed by atoms with Crippen molar-refractivity contribution in [2.45, 2.75) is 32.1 Å². The van der Waals surface area contributed by atoms with E-state index < -0.39 is 11.9 Å². The van der Waals surface area contributed by atoms with Gasteiger partial charge in [0.05, 0.1) is 11.8 Å². The van der Waals surface area contributed by atoms with E-state index in [1.54, 1.807) is 11.0 Å². The average molecular weight is 290 g/mol. The van der Waals surface area contributed by atoms with Crippen LogP contribution in [0.15, 0.2) is 24.3 Å². The number of hydrogen-bond donors (Lipinski definition) is 2. The van der Waals surface area contributed by atoms with E-state index in [1.807, 2.05) is 25.1 Å². The Balaban J connectivity index is 2.32. The lowest BCUT2D eigenvalue weighted by Gasteiger charge is -2.34. The topological polar surface area (TPSA) is 83.6 Å². The Kier molecular flexibility index (Phi) is 4.96. The van der Waals surface area contributed by atoms with Crippen LogP contribution >= 0.6 is 0 Å². The predicted molar refractivity (Wildman–Crippen MR) is 81.2 cm³/mol. The van der Waals surface area contributed by atoms with Crippen LogP contribution in [0.5, 0.6) is 0 Å². The number of para-hydroxylation sites is 1. The van der Waals surface area contributed by atoms with Crippen LogP contribution in [0, 0.1) is 5.92 Å². The highest BCUT2D eigenvalue weighted by Crippen LogP contribution is 2.36. The summed E-state index contributed by atoms with van der Waals surface area (Å²) in [5.74, 6) is -1.55. The van der Waals surface area contributed by atoms with Crippen molar-refractivity contribution in [2.75, 3.05) is 18.0 Å². The number of benzene rings is 1. The third-order valence-electron chi connectivity index (χ3n) is 4.08. The summed E-state index contributed by atoms with van der Waals surface area (Å²) in [6.07, 6.45) is 2.11.